The van der Waals surface area contributed by atoms with E-state index in [0.717, 1.165) is 13.0 Å². The fourth-order valence-electron chi connectivity index (χ4n) is 1.38. The zero-order valence-electron chi connectivity index (χ0n) is 7.01. The zero-order valence-corrected chi connectivity index (χ0v) is 7.77. The second kappa shape index (κ2) is 3.34. The summed E-state index contributed by atoms with van der Waals surface area (Å²) in [6.45, 7) is 0.799. The Kier molecular flexibility index (Phi) is 2.19. The SMILES string of the molecule is O=C1CCCNc2ncc(Cl)cc21. The molecule has 1 aromatic rings. The van der Waals surface area contributed by atoms with E-state index in [9.17, 15) is 4.79 Å². The van der Waals surface area contributed by atoms with Crippen molar-refractivity contribution in [2.45, 2.75) is 12.8 Å². The molecule has 0 unspecified atom stereocenters. The Morgan fingerprint density at radius 3 is 3.23 bits per heavy atom. The van der Waals surface area contributed by atoms with Gasteiger partial charge in [0.2, 0.25) is 0 Å². The molecule has 4 heteroatoms. The third-order valence-corrected chi connectivity index (χ3v) is 2.23. The maximum absolute atomic E-state index is 11.5. The molecule has 68 valence electrons. The zero-order chi connectivity index (χ0) is 9.26. The first-order valence-electron chi connectivity index (χ1n) is 4.20. The van der Waals surface area contributed by atoms with Crippen LogP contribution in [0.1, 0.15) is 23.2 Å². The number of rotatable bonds is 0. The van der Waals surface area contributed by atoms with Crippen molar-refractivity contribution < 1.29 is 4.79 Å². The predicted molar refractivity (Wildman–Crippen MR) is 51.3 cm³/mol. The second-order valence-corrected chi connectivity index (χ2v) is 3.44. The van der Waals surface area contributed by atoms with Gasteiger partial charge >= 0.3 is 0 Å². The van der Waals surface area contributed by atoms with E-state index in [1.54, 1.807) is 12.3 Å². The molecule has 1 aromatic heterocycles. The Hall–Kier alpha value is -1.09. The van der Waals surface area contributed by atoms with Crippen LogP contribution in [0.25, 0.3) is 0 Å². The summed E-state index contributed by atoms with van der Waals surface area (Å²) in [7, 11) is 0. The molecule has 0 bridgehead atoms. The molecule has 0 saturated carbocycles. The number of fused-ring (bicyclic) bond motifs is 1. The number of carbonyl (C=O) groups is 1. The number of carbonyl (C=O) groups excluding carboxylic acids is 1. The van der Waals surface area contributed by atoms with Crippen molar-refractivity contribution in [3.05, 3.63) is 22.8 Å². The van der Waals surface area contributed by atoms with Gasteiger partial charge in [0.15, 0.2) is 5.78 Å². The largest absolute Gasteiger partial charge is 0.369 e. The molecule has 1 aliphatic rings. The molecule has 0 atom stereocenters. The maximum Gasteiger partial charge on any atom is 0.166 e. The van der Waals surface area contributed by atoms with Gasteiger partial charge in [-0.1, -0.05) is 11.6 Å². The van der Waals surface area contributed by atoms with Gasteiger partial charge in [-0.15, -0.1) is 0 Å². The summed E-state index contributed by atoms with van der Waals surface area (Å²) in [5.41, 5.74) is 0.616. The van der Waals surface area contributed by atoms with Crippen LogP contribution in [0.5, 0.6) is 0 Å². The Bertz CT molecular complexity index is 351. The number of anilines is 1. The molecule has 1 aliphatic heterocycles. The molecule has 0 fully saturated rings. The molecular weight excluding hydrogens is 188 g/mol. The molecule has 1 N–H and O–H groups in total. The Balaban J connectivity index is 2.49. The molecule has 0 aromatic carbocycles. The smallest absolute Gasteiger partial charge is 0.166 e. The Morgan fingerprint density at radius 2 is 2.38 bits per heavy atom. The molecule has 0 saturated heterocycles. The molecule has 0 aliphatic carbocycles. The van der Waals surface area contributed by atoms with Gasteiger partial charge in [0, 0.05) is 19.2 Å². The van der Waals surface area contributed by atoms with E-state index < -0.39 is 0 Å². The molecule has 3 nitrogen and oxygen atoms in total. The Labute approximate surface area is 81.1 Å². The number of nitrogens with zero attached hydrogens (tertiary/aromatic N) is 1. The molecule has 0 amide bonds. The summed E-state index contributed by atoms with van der Waals surface area (Å²) in [5.74, 6) is 0.780. The van der Waals surface area contributed by atoms with E-state index in [2.05, 4.69) is 10.3 Å². The maximum atomic E-state index is 11.5. The number of aromatic nitrogens is 1. The van der Waals surface area contributed by atoms with Crippen molar-refractivity contribution in [1.29, 1.82) is 0 Å². The van der Waals surface area contributed by atoms with E-state index in [1.807, 2.05) is 0 Å². The summed E-state index contributed by atoms with van der Waals surface area (Å²) in [6.07, 6.45) is 2.97. The van der Waals surface area contributed by atoms with Crippen LogP contribution in [-0.4, -0.2) is 17.3 Å². The monoisotopic (exact) mass is 196 g/mol. The third-order valence-electron chi connectivity index (χ3n) is 2.03. The highest BCUT2D eigenvalue weighted by Gasteiger charge is 2.16. The van der Waals surface area contributed by atoms with Crippen molar-refractivity contribution in [1.82, 2.24) is 4.98 Å². The van der Waals surface area contributed by atoms with E-state index in [-0.39, 0.29) is 5.78 Å². The Morgan fingerprint density at radius 1 is 1.54 bits per heavy atom. The standard InChI is InChI=1S/C9H9ClN2O/c10-6-4-7-8(13)2-1-3-11-9(7)12-5-6/h4-5H,1-3H2,(H,11,12). The highest BCUT2D eigenvalue weighted by molar-refractivity contribution is 6.31. The molecule has 2 heterocycles. The summed E-state index contributed by atoms with van der Waals surface area (Å²) in [6, 6.07) is 1.67. The van der Waals surface area contributed by atoms with Crippen molar-refractivity contribution in [3.8, 4) is 0 Å². The first kappa shape index (κ1) is 8.51. The fourth-order valence-corrected chi connectivity index (χ4v) is 1.54. The number of halogens is 1. The van der Waals surface area contributed by atoms with Crippen LogP contribution in [0.4, 0.5) is 5.82 Å². The summed E-state index contributed by atoms with van der Waals surface area (Å²) in [5, 5.41) is 3.60. The first-order chi connectivity index (χ1) is 6.27. The average Bonchev–Trinajstić information content (AvgIpc) is 2.29. The number of hydrogen-bond donors (Lipinski definition) is 1. The first-order valence-corrected chi connectivity index (χ1v) is 4.58. The lowest BCUT2D eigenvalue weighted by Gasteiger charge is -2.04. The lowest BCUT2D eigenvalue weighted by atomic mass is 10.1. The van der Waals surface area contributed by atoms with Gasteiger partial charge in [0.1, 0.15) is 5.82 Å². The van der Waals surface area contributed by atoms with Crippen LogP contribution in [0.2, 0.25) is 5.02 Å². The van der Waals surface area contributed by atoms with Gasteiger partial charge in [-0.3, -0.25) is 4.79 Å². The van der Waals surface area contributed by atoms with E-state index in [4.69, 9.17) is 11.6 Å². The normalized spacial score (nSPS) is 15.9. The molecule has 0 spiro atoms. The molecule has 2 rings (SSSR count). The number of pyridine rings is 1. The molecular formula is C9H9ClN2O. The number of nitrogens with one attached hydrogen (secondary N) is 1. The van der Waals surface area contributed by atoms with Crippen LogP contribution >= 0.6 is 11.6 Å². The highest BCUT2D eigenvalue weighted by Crippen LogP contribution is 2.21. The second-order valence-electron chi connectivity index (χ2n) is 3.00. The van der Waals surface area contributed by atoms with Crippen LogP contribution < -0.4 is 5.32 Å². The van der Waals surface area contributed by atoms with Crippen molar-refractivity contribution in [3.63, 3.8) is 0 Å². The number of ketones is 1. The van der Waals surface area contributed by atoms with Gasteiger partial charge in [-0.25, -0.2) is 4.98 Å². The minimum atomic E-state index is 0.120. The van der Waals surface area contributed by atoms with Crippen LogP contribution in [0, 0.1) is 0 Å². The predicted octanol–water partition coefficient (Wildman–Crippen LogP) is 2.12. The summed E-state index contributed by atoms with van der Waals surface area (Å²) < 4.78 is 0. The van der Waals surface area contributed by atoms with Crippen LogP contribution in [-0.2, 0) is 0 Å². The lowest BCUT2D eigenvalue weighted by Crippen LogP contribution is -2.02. The van der Waals surface area contributed by atoms with Gasteiger partial charge in [0.25, 0.3) is 0 Å². The lowest BCUT2D eigenvalue weighted by molar-refractivity contribution is 0.0983. The third kappa shape index (κ3) is 1.65. The van der Waals surface area contributed by atoms with Crippen molar-refractivity contribution >= 4 is 23.2 Å². The fraction of sp³-hybridized carbons (Fsp3) is 0.333. The quantitative estimate of drug-likeness (QED) is 0.691. The molecule has 0 radical (unpaired) electrons. The highest BCUT2D eigenvalue weighted by atomic mass is 35.5. The van der Waals surface area contributed by atoms with Gasteiger partial charge < -0.3 is 5.32 Å². The topological polar surface area (TPSA) is 42.0 Å². The van der Waals surface area contributed by atoms with E-state index in [0.29, 0.717) is 22.8 Å². The minimum Gasteiger partial charge on any atom is -0.369 e. The van der Waals surface area contributed by atoms with Crippen LogP contribution in [0.3, 0.4) is 0 Å². The summed E-state index contributed by atoms with van der Waals surface area (Å²) >= 11 is 5.75. The van der Waals surface area contributed by atoms with E-state index in [1.165, 1.54) is 0 Å². The van der Waals surface area contributed by atoms with Crippen molar-refractivity contribution in [2.75, 3.05) is 11.9 Å². The van der Waals surface area contributed by atoms with Gasteiger partial charge in [-0.2, -0.15) is 0 Å². The van der Waals surface area contributed by atoms with E-state index >= 15 is 0 Å². The van der Waals surface area contributed by atoms with Gasteiger partial charge in [-0.05, 0) is 12.5 Å². The summed E-state index contributed by atoms with van der Waals surface area (Å²) in [4.78, 5) is 15.6. The molecule has 13 heavy (non-hydrogen) atoms. The minimum absolute atomic E-state index is 0.120. The van der Waals surface area contributed by atoms with Gasteiger partial charge in [0.05, 0.1) is 10.6 Å². The van der Waals surface area contributed by atoms with Crippen molar-refractivity contribution in [2.24, 2.45) is 0 Å². The average molecular weight is 197 g/mol. The number of Topliss-reactive ketones (excluding diaryl/α,β-unsaturated/α-hetero) is 1. The van der Waals surface area contributed by atoms with Crippen LogP contribution in [0.15, 0.2) is 12.3 Å². The number of hydrogen-bond acceptors (Lipinski definition) is 3.